The molecule has 0 fully saturated rings. The third-order valence-corrected chi connectivity index (χ3v) is 5.86. The van der Waals surface area contributed by atoms with Gasteiger partial charge in [-0.15, -0.1) is 0 Å². The number of H-pyrrole nitrogens is 1. The fourth-order valence-corrected chi connectivity index (χ4v) is 4.01. The molecule has 4 aromatic rings. The van der Waals surface area contributed by atoms with Crippen molar-refractivity contribution in [3.05, 3.63) is 113 Å². The van der Waals surface area contributed by atoms with Gasteiger partial charge in [0.05, 0.1) is 12.4 Å². The number of carbonyl (C=O) groups is 3. The van der Waals surface area contributed by atoms with Crippen molar-refractivity contribution in [3.63, 3.8) is 0 Å². The second-order valence-corrected chi connectivity index (χ2v) is 8.47. The number of carbonyl (C=O) groups excluding carboxylic acids is 3. The molecule has 0 spiro atoms. The molecular formula is C27H25N7O4. The first-order chi connectivity index (χ1) is 18.5. The molecule has 11 heteroatoms. The number of benzene rings is 3. The van der Waals surface area contributed by atoms with Crippen molar-refractivity contribution >= 4 is 28.7 Å². The van der Waals surface area contributed by atoms with E-state index in [0.29, 0.717) is 5.69 Å². The van der Waals surface area contributed by atoms with Crippen molar-refractivity contribution in [1.82, 2.24) is 20.6 Å². The summed E-state index contributed by atoms with van der Waals surface area (Å²) >= 11 is 0. The number of ether oxygens (including phenoxy) is 1. The predicted octanol–water partition coefficient (Wildman–Crippen LogP) is 3.96. The van der Waals surface area contributed by atoms with E-state index < -0.39 is 30.0 Å². The van der Waals surface area contributed by atoms with Gasteiger partial charge in [0.25, 0.3) is 0 Å². The van der Waals surface area contributed by atoms with E-state index in [2.05, 4.69) is 30.6 Å². The van der Waals surface area contributed by atoms with Crippen LogP contribution in [0.25, 0.3) is 21.2 Å². The highest BCUT2D eigenvalue weighted by Gasteiger charge is 2.28. The third-order valence-electron chi connectivity index (χ3n) is 5.86. The molecule has 0 aliphatic rings. The van der Waals surface area contributed by atoms with Crippen LogP contribution < -0.4 is 10.6 Å². The van der Waals surface area contributed by atoms with Crippen molar-refractivity contribution in [2.45, 2.75) is 31.5 Å². The van der Waals surface area contributed by atoms with Crippen molar-refractivity contribution in [1.29, 1.82) is 0 Å². The maximum Gasteiger partial charge on any atom is 0.408 e. The lowest BCUT2D eigenvalue weighted by molar-refractivity contribution is -0.128. The van der Waals surface area contributed by atoms with Crippen LogP contribution in [0.4, 0.5) is 4.79 Å². The SMILES string of the molecule is [N-]=[N+]=NC(=O)[C@H](Cc1cnc[nH]1)NC(=O)[C@H](Cc1cccc2ccccc12)NC(=O)OCc1ccccc1. The molecule has 0 unspecified atom stereocenters. The fraction of sp³-hybridized carbons (Fsp3) is 0.185. The molecule has 0 aliphatic carbocycles. The summed E-state index contributed by atoms with van der Waals surface area (Å²) in [5, 5.41) is 10.3. The van der Waals surface area contributed by atoms with Crippen LogP contribution in [0.3, 0.4) is 0 Å². The number of alkyl carbamates (subject to hydrolysis) is 1. The lowest BCUT2D eigenvalue weighted by Crippen LogP contribution is -2.53. The van der Waals surface area contributed by atoms with Gasteiger partial charge in [0, 0.05) is 29.6 Å². The van der Waals surface area contributed by atoms with E-state index in [1.165, 1.54) is 12.5 Å². The smallest absolute Gasteiger partial charge is 0.408 e. The highest BCUT2D eigenvalue weighted by atomic mass is 16.5. The summed E-state index contributed by atoms with van der Waals surface area (Å²) in [6.45, 7) is 0.0209. The van der Waals surface area contributed by atoms with E-state index in [9.17, 15) is 14.4 Å². The lowest BCUT2D eigenvalue weighted by Gasteiger charge is -2.22. The van der Waals surface area contributed by atoms with Gasteiger partial charge < -0.3 is 20.4 Å². The van der Waals surface area contributed by atoms with Gasteiger partial charge in [0.1, 0.15) is 12.6 Å². The van der Waals surface area contributed by atoms with Gasteiger partial charge in [-0.3, -0.25) is 9.59 Å². The lowest BCUT2D eigenvalue weighted by atomic mass is 9.98. The zero-order valence-electron chi connectivity index (χ0n) is 20.3. The minimum Gasteiger partial charge on any atom is -0.445 e. The molecule has 4 rings (SSSR count). The molecule has 0 aliphatic heterocycles. The molecule has 11 nitrogen and oxygen atoms in total. The maximum absolute atomic E-state index is 13.4. The number of hydrogen-bond acceptors (Lipinski definition) is 5. The summed E-state index contributed by atoms with van der Waals surface area (Å²) in [6, 6.07) is 20.3. The number of rotatable bonds is 10. The molecule has 192 valence electrons. The molecule has 0 saturated carbocycles. The van der Waals surface area contributed by atoms with E-state index >= 15 is 0 Å². The average molecular weight is 512 g/mol. The second kappa shape index (κ2) is 12.7. The number of imidazole rings is 1. The Morgan fingerprint density at radius 1 is 0.947 bits per heavy atom. The van der Waals surface area contributed by atoms with Crippen molar-refractivity contribution in [2.75, 3.05) is 0 Å². The van der Waals surface area contributed by atoms with Gasteiger partial charge >= 0.3 is 6.09 Å². The molecule has 3 amide bonds. The van der Waals surface area contributed by atoms with Crippen LogP contribution in [0.2, 0.25) is 0 Å². The monoisotopic (exact) mass is 511 g/mol. The second-order valence-electron chi connectivity index (χ2n) is 8.47. The van der Waals surface area contributed by atoms with Crippen molar-refractivity contribution in [2.24, 2.45) is 5.11 Å². The maximum atomic E-state index is 13.4. The highest BCUT2D eigenvalue weighted by molar-refractivity contribution is 5.93. The minimum absolute atomic E-state index is 0.0169. The summed E-state index contributed by atoms with van der Waals surface area (Å²) in [4.78, 5) is 47.9. The average Bonchev–Trinajstić information content (AvgIpc) is 3.45. The molecule has 0 saturated heterocycles. The number of fused-ring (bicyclic) bond motifs is 1. The number of nitrogens with one attached hydrogen (secondary N) is 3. The molecule has 1 aromatic heterocycles. The van der Waals surface area contributed by atoms with Crippen molar-refractivity contribution < 1.29 is 19.1 Å². The van der Waals surface area contributed by atoms with Crippen molar-refractivity contribution in [3.8, 4) is 0 Å². The first-order valence-electron chi connectivity index (χ1n) is 11.8. The predicted molar refractivity (Wildman–Crippen MR) is 140 cm³/mol. The highest BCUT2D eigenvalue weighted by Crippen LogP contribution is 2.20. The number of azide groups is 1. The Morgan fingerprint density at radius 3 is 2.47 bits per heavy atom. The Bertz CT molecular complexity index is 1450. The number of amides is 3. The Hall–Kier alpha value is -5.15. The standard InChI is InChI=1S/C27H25N7O4/c28-34-33-26(36)24(14-21-15-29-17-30-21)31-25(35)23(32-27(37)38-16-18-7-2-1-3-8-18)13-20-11-6-10-19-9-4-5-12-22(19)20/h1-12,15,17,23-24H,13-14,16H2,(H,29,30)(H,31,35)(H,32,37)/t23-,24-/m0/s1. The molecular weight excluding hydrogens is 486 g/mol. The minimum atomic E-state index is -1.17. The van der Waals surface area contributed by atoms with Crippen LogP contribution in [0.5, 0.6) is 0 Å². The topological polar surface area (TPSA) is 162 Å². The number of aromatic nitrogens is 2. The number of nitrogens with zero attached hydrogens (tertiary/aromatic N) is 4. The van der Waals surface area contributed by atoms with Crippen LogP contribution in [0.1, 0.15) is 16.8 Å². The molecule has 1 heterocycles. The molecule has 3 aromatic carbocycles. The largest absolute Gasteiger partial charge is 0.445 e. The van der Waals surface area contributed by atoms with Gasteiger partial charge in [-0.25, -0.2) is 9.78 Å². The Labute approximate surface area is 217 Å². The van der Waals surface area contributed by atoms with Gasteiger partial charge in [0.2, 0.25) is 11.8 Å². The number of aromatic amines is 1. The van der Waals surface area contributed by atoms with E-state index in [-0.39, 0.29) is 19.4 Å². The molecule has 0 radical (unpaired) electrons. The summed E-state index contributed by atoms with van der Waals surface area (Å²) < 4.78 is 5.33. The Morgan fingerprint density at radius 2 is 1.71 bits per heavy atom. The molecule has 0 bridgehead atoms. The van der Waals surface area contributed by atoms with Gasteiger partial charge in [-0.05, 0) is 32.5 Å². The van der Waals surface area contributed by atoms with E-state index in [0.717, 1.165) is 21.9 Å². The zero-order chi connectivity index (χ0) is 26.7. The fourth-order valence-electron chi connectivity index (χ4n) is 4.01. The van der Waals surface area contributed by atoms with Crippen LogP contribution in [0, 0.1) is 0 Å². The van der Waals surface area contributed by atoms with Gasteiger partial charge in [-0.2, -0.15) is 0 Å². The first-order valence-corrected chi connectivity index (χ1v) is 11.8. The zero-order valence-corrected chi connectivity index (χ0v) is 20.3. The van der Waals surface area contributed by atoms with E-state index in [1.807, 2.05) is 72.8 Å². The summed E-state index contributed by atoms with van der Waals surface area (Å²) in [7, 11) is 0. The van der Waals surface area contributed by atoms with E-state index in [4.69, 9.17) is 10.3 Å². The molecule has 38 heavy (non-hydrogen) atoms. The van der Waals surface area contributed by atoms with Crippen LogP contribution in [-0.4, -0.2) is 40.0 Å². The van der Waals surface area contributed by atoms with Crippen LogP contribution in [0.15, 0.2) is 90.4 Å². The number of hydrogen-bond donors (Lipinski definition) is 3. The Kier molecular flexibility index (Phi) is 8.67. The van der Waals surface area contributed by atoms with Gasteiger partial charge in [-0.1, -0.05) is 72.8 Å². The van der Waals surface area contributed by atoms with E-state index in [1.54, 1.807) is 0 Å². The van der Waals surface area contributed by atoms with Crippen LogP contribution >= 0.6 is 0 Å². The van der Waals surface area contributed by atoms with Gasteiger partial charge in [0.15, 0.2) is 0 Å². The third kappa shape index (κ3) is 6.96. The summed E-state index contributed by atoms with van der Waals surface area (Å²) in [5.41, 5.74) is 10.9. The molecule has 3 N–H and O–H groups in total. The quantitative estimate of drug-likeness (QED) is 0.166. The van der Waals surface area contributed by atoms with Crippen LogP contribution in [-0.2, 0) is 33.8 Å². The summed E-state index contributed by atoms with van der Waals surface area (Å²) in [6.07, 6.45) is 2.28. The first kappa shape index (κ1) is 25.9. The normalized spacial score (nSPS) is 12.1. The Balaban J connectivity index is 1.55. The molecule has 2 atom stereocenters. The summed E-state index contributed by atoms with van der Waals surface area (Å²) in [5.74, 6) is -1.51.